The van der Waals surface area contributed by atoms with Crippen LogP contribution in [0.15, 0.2) is 12.3 Å². The van der Waals surface area contributed by atoms with Crippen LogP contribution in [0, 0.1) is 12.3 Å². The molecule has 20 heavy (non-hydrogen) atoms. The van der Waals surface area contributed by atoms with E-state index in [9.17, 15) is 9.59 Å². The Morgan fingerprint density at radius 1 is 1.55 bits per heavy atom. The van der Waals surface area contributed by atoms with Crippen LogP contribution in [0.5, 0.6) is 0 Å². The van der Waals surface area contributed by atoms with Gasteiger partial charge in [-0.15, -0.1) is 6.42 Å². The van der Waals surface area contributed by atoms with Crippen molar-refractivity contribution < 1.29 is 19.1 Å². The Balaban J connectivity index is 2.53. The van der Waals surface area contributed by atoms with Crippen LogP contribution in [0.3, 0.4) is 0 Å². The van der Waals surface area contributed by atoms with Gasteiger partial charge in [0, 0.05) is 26.4 Å². The molecule has 0 saturated carbocycles. The molecular formula is C14H20N2O4. The molecule has 1 aliphatic rings. The maximum absolute atomic E-state index is 11.7. The van der Waals surface area contributed by atoms with Crippen molar-refractivity contribution in [3.63, 3.8) is 0 Å². The quantitative estimate of drug-likeness (QED) is 0.380. The zero-order chi connectivity index (χ0) is 15.0. The van der Waals surface area contributed by atoms with Crippen LogP contribution in [0.1, 0.15) is 12.8 Å². The Bertz CT molecular complexity index is 402. The van der Waals surface area contributed by atoms with Gasteiger partial charge in [0.05, 0.1) is 19.3 Å². The van der Waals surface area contributed by atoms with Gasteiger partial charge >= 0.3 is 0 Å². The average molecular weight is 280 g/mol. The molecule has 0 aromatic rings. The van der Waals surface area contributed by atoms with Crippen molar-refractivity contribution in [2.24, 2.45) is 0 Å². The Labute approximate surface area is 119 Å². The Morgan fingerprint density at radius 3 is 2.90 bits per heavy atom. The second-order valence-electron chi connectivity index (χ2n) is 4.51. The lowest BCUT2D eigenvalue weighted by Gasteiger charge is -2.21. The van der Waals surface area contributed by atoms with E-state index in [1.807, 2.05) is 0 Å². The van der Waals surface area contributed by atoms with E-state index in [1.54, 1.807) is 14.2 Å². The monoisotopic (exact) mass is 280 g/mol. The highest BCUT2D eigenvalue weighted by atomic mass is 16.5. The topological polar surface area (TPSA) is 59.1 Å². The number of carbonyl (C=O) groups is 2. The molecule has 1 fully saturated rings. The molecule has 1 heterocycles. The van der Waals surface area contributed by atoms with Crippen molar-refractivity contribution in [2.75, 3.05) is 27.3 Å². The third-order valence-corrected chi connectivity index (χ3v) is 2.99. The molecule has 2 amide bonds. The summed E-state index contributed by atoms with van der Waals surface area (Å²) in [4.78, 5) is 25.5. The lowest BCUT2D eigenvalue weighted by atomic mass is 10.2. The van der Waals surface area contributed by atoms with Crippen molar-refractivity contribution in [1.29, 1.82) is 0 Å². The first-order valence-electron chi connectivity index (χ1n) is 6.36. The van der Waals surface area contributed by atoms with E-state index in [0.29, 0.717) is 19.4 Å². The van der Waals surface area contributed by atoms with Crippen molar-refractivity contribution in [3.05, 3.63) is 12.3 Å². The number of hydrogen-bond acceptors (Lipinski definition) is 4. The van der Waals surface area contributed by atoms with Gasteiger partial charge in [0.25, 0.3) is 0 Å². The summed E-state index contributed by atoms with van der Waals surface area (Å²) in [7, 11) is 3.20. The van der Waals surface area contributed by atoms with Crippen molar-refractivity contribution in [2.45, 2.75) is 25.2 Å². The molecule has 1 saturated heterocycles. The van der Waals surface area contributed by atoms with Crippen LogP contribution in [0.4, 0.5) is 0 Å². The van der Waals surface area contributed by atoms with E-state index in [2.05, 4.69) is 5.92 Å². The molecule has 0 radical (unpaired) electrons. The molecule has 0 spiro atoms. The number of ether oxygens (including phenoxy) is 2. The smallest absolute Gasteiger partial charge is 0.248 e. The predicted molar refractivity (Wildman–Crippen MR) is 73.3 cm³/mol. The average Bonchev–Trinajstić information content (AvgIpc) is 2.88. The van der Waals surface area contributed by atoms with Gasteiger partial charge in [0.1, 0.15) is 6.23 Å². The molecule has 1 aliphatic heterocycles. The largest absolute Gasteiger partial charge is 0.382 e. The standard InChI is InChI=1S/C14H20N2O4/c1-4-8-15(2)13(18)7-9-16(11-17)14-6-5-12(20-14)10-19-3/h1,7,9,11-12,14H,5-6,8,10H2,2-3H3/b9-7-. The third-order valence-electron chi connectivity index (χ3n) is 2.99. The zero-order valence-corrected chi connectivity index (χ0v) is 11.8. The summed E-state index contributed by atoms with van der Waals surface area (Å²) < 4.78 is 10.7. The van der Waals surface area contributed by atoms with Crippen molar-refractivity contribution in [1.82, 2.24) is 9.80 Å². The van der Waals surface area contributed by atoms with Gasteiger partial charge < -0.3 is 14.4 Å². The SMILES string of the molecule is C#CCN(C)C(=O)/C=C\N(C=O)C1CCC(COC)O1. The van der Waals surface area contributed by atoms with Crippen LogP contribution in [0.25, 0.3) is 0 Å². The molecule has 0 aromatic heterocycles. The van der Waals surface area contributed by atoms with Gasteiger partial charge in [-0.3, -0.25) is 14.5 Å². The van der Waals surface area contributed by atoms with E-state index in [4.69, 9.17) is 15.9 Å². The number of likely N-dealkylation sites (N-methyl/N-ethyl adjacent to an activating group) is 1. The fraction of sp³-hybridized carbons (Fsp3) is 0.571. The summed E-state index contributed by atoms with van der Waals surface area (Å²) in [6, 6.07) is 0. The fourth-order valence-electron chi connectivity index (χ4n) is 1.91. The lowest BCUT2D eigenvalue weighted by molar-refractivity contribution is -0.127. The van der Waals surface area contributed by atoms with Gasteiger partial charge in [-0.2, -0.15) is 0 Å². The second kappa shape index (κ2) is 8.35. The molecule has 2 atom stereocenters. The maximum Gasteiger partial charge on any atom is 0.248 e. The molecule has 6 nitrogen and oxygen atoms in total. The second-order valence-corrected chi connectivity index (χ2v) is 4.51. The number of terminal acetylenes is 1. The minimum atomic E-state index is -0.352. The zero-order valence-electron chi connectivity index (χ0n) is 11.8. The Kier molecular flexibility index (Phi) is 6.77. The number of rotatable bonds is 7. The summed E-state index contributed by atoms with van der Waals surface area (Å²) in [5.41, 5.74) is 0. The maximum atomic E-state index is 11.7. The number of nitrogens with zero attached hydrogens (tertiary/aromatic N) is 2. The molecule has 2 unspecified atom stereocenters. The molecular weight excluding hydrogens is 260 g/mol. The van der Waals surface area contributed by atoms with Crippen molar-refractivity contribution in [3.8, 4) is 12.3 Å². The molecule has 1 rings (SSSR count). The van der Waals surface area contributed by atoms with E-state index in [-0.39, 0.29) is 24.8 Å². The molecule has 0 aromatic carbocycles. The number of carbonyl (C=O) groups excluding carboxylic acids is 2. The fourth-order valence-corrected chi connectivity index (χ4v) is 1.91. The van der Waals surface area contributed by atoms with Crippen LogP contribution in [0.2, 0.25) is 0 Å². The van der Waals surface area contributed by atoms with Gasteiger partial charge in [-0.25, -0.2) is 0 Å². The van der Waals surface area contributed by atoms with Crippen LogP contribution < -0.4 is 0 Å². The minimum absolute atomic E-state index is 0.0133. The number of amides is 2. The first kappa shape index (κ1) is 16.2. The summed E-state index contributed by atoms with van der Waals surface area (Å²) in [5, 5.41) is 0. The van der Waals surface area contributed by atoms with Gasteiger partial charge in [0.15, 0.2) is 0 Å². The molecule has 0 bridgehead atoms. The predicted octanol–water partition coefficient (Wildman–Crippen LogP) is 0.202. The Hall–Kier alpha value is -1.84. The van der Waals surface area contributed by atoms with E-state index >= 15 is 0 Å². The third kappa shape index (κ3) is 4.68. The van der Waals surface area contributed by atoms with Crippen LogP contribution >= 0.6 is 0 Å². The summed E-state index contributed by atoms with van der Waals surface area (Å²) in [6.07, 6.45) is 9.66. The molecule has 110 valence electrons. The highest BCUT2D eigenvalue weighted by Gasteiger charge is 2.28. The lowest BCUT2D eigenvalue weighted by Crippen LogP contribution is -2.31. The van der Waals surface area contributed by atoms with E-state index < -0.39 is 0 Å². The summed E-state index contributed by atoms with van der Waals surface area (Å²) in [6.45, 7) is 0.719. The normalized spacial score (nSPS) is 21.6. The number of methoxy groups -OCH3 is 1. The van der Waals surface area contributed by atoms with Gasteiger partial charge in [0.2, 0.25) is 12.3 Å². The molecule has 0 N–H and O–H groups in total. The summed E-state index contributed by atoms with van der Waals surface area (Å²) in [5.74, 6) is 2.11. The van der Waals surface area contributed by atoms with E-state index in [1.165, 1.54) is 22.1 Å². The molecule has 0 aliphatic carbocycles. The van der Waals surface area contributed by atoms with E-state index in [0.717, 1.165) is 6.42 Å². The van der Waals surface area contributed by atoms with Crippen molar-refractivity contribution >= 4 is 12.3 Å². The van der Waals surface area contributed by atoms with Crippen LogP contribution in [-0.4, -0.2) is 61.8 Å². The number of hydrogen-bond donors (Lipinski definition) is 0. The van der Waals surface area contributed by atoms with Crippen LogP contribution in [-0.2, 0) is 19.1 Å². The summed E-state index contributed by atoms with van der Waals surface area (Å²) >= 11 is 0. The molecule has 6 heteroatoms. The highest BCUT2D eigenvalue weighted by molar-refractivity contribution is 5.87. The minimum Gasteiger partial charge on any atom is -0.382 e. The Morgan fingerprint density at radius 2 is 2.30 bits per heavy atom. The first-order chi connectivity index (χ1) is 9.62. The first-order valence-corrected chi connectivity index (χ1v) is 6.36. The van der Waals surface area contributed by atoms with Gasteiger partial charge in [-0.1, -0.05) is 5.92 Å². The van der Waals surface area contributed by atoms with Gasteiger partial charge in [-0.05, 0) is 12.8 Å². The highest BCUT2D eigenvalue weighted by Crippen LogP contribution is 2.22.